The SMILES string of the molecule is CC(=O)Nc1ccc(C(=O)[C@@H](C)OC(=O)c2cc(Cl)cc(Cl)c2N)cc1. The third-order valence-corrected chi connectivity index (χ3v) is 3.99. The molecule has 1 amide bonds. The van der Waals surface area contributed by atoms with Crippen molar-refractivity contribution in [3.63, 3.8) is 0 Å². The lowest BCUT2D eigenvalue weighted by Gasteiger charge is -2.14. The summed E-state index contributed by atoms with van der Waals surface area (Å²) in [6.45, 7) is 2.83. The van der Waals surface area contributed by atoms with Gasteiger partial charge >= 0.3 is 5.97 Å². The van der Waals surface area contributed by atoms with Gasteiger partial charge < -0.3 is 15.8 Å². The number of ketones is 1. The summed E-state index contributed by atoms with van der Waals surface area (Å²) in [4.78, 5) is 35.7. The van der Waals surface area contributed by atoms with Crippen LogP contribution >= 0.6 is 23.2 Å². The number of Topliss-reactive ketones (excluding diaryl/α,β-unsaturated/α-hetero) is 1. The molecule has 0 saturated heterocycles. The first-order chi connectivity index (χ1) is 12.2. The van der Waals surface area contributed by atoms with Crippen molar-refractivity contribution in [1.29, 1.82) is 0 Å². The minimum absolute atomic E-state index is 0.0110. The van der Waals surface area contributed by atoms with Crippen LogP contribution in [0.15, 0.2) is 36.4 Å². The van der Waals surface area contributed by atoms with Gasteiger partial charge in [0, 0.05) is 23.2 Å². The number of carbonyl (C=O) groups is 3. The Morgan fingerprint density at radius 3 is 2.31 bits per heavy atom. The number of anilines is 2. The Hall–Kier alpha value is -2.57. The number of nitrogen functional groups attached to an aromatic ring is 1. The topological polar surface area (TPSA) is 98.5 Å². The van der Waals surface area contributed by atoms with Gasteiger partial charge in [0.25, 0.3) is 0 Å². The lowest BCUT2D eigenvalue weighted by atomic mass is 10.1. The minimum Gasteiger partial charge on any atom is -0.451 e. The number of hydrogen-bond acceptors (Lipinski definition) is 5. The molecule has 2 aromatic carbocycles. The molecule has 136 valence electrons. The quantitative estimate of drug-likeness (QED) is 0.454. The van der Waals surface area contributed by atoms with Gasteiger partial charge in [-0.25, -0.2) is 4.79 Å². The van der Waals surface area contributed by atoms with E-state index in [0.29, 0.717) is 11.3 Å². The number of esters is 1. The average Bonchev–Trinajstić information content (AvgIpc) is 2.57. The summed E-state index contributed by atoms with van der Waals surface area (Å²) in [5.41, 5.74) is 6.66. The lowest BCUT2D eigenvalue weighted by molar-refractivity contribution is -0.114. The molecule has 8 heteroatoms. The summed E-state index contributed by atoms with van der Waals surface area (Å²) in [5, 5.41) is 2.94. The van der Waals surface area contributed by atoms with Crippen LogP contribution in [0, 0.1) is 0 Å². The van der Waals surface area contributed by atoms with Crippen LogP contribution in [0.4, 0.5) is 11.4 Å². The third-order valence-electron chi connectivity index (χ3n) is 3.46. The molecule has 0 fully saturated rings. The molecule has 0 aliphatic carbocycles. The molecule has 26 heavy (non-hydrogen) atoms. The molecule has 6 nitrogen and oxygen atoms in total. The van der Waals surface area contributed by atoms with Gasteiger partial charge in [-0.1, -0.05) is 23.2 Å². The Bertz CT molecular complexity index is 866. The number of benzene rings is 2. The first-order valence-electron chi connectivity index (χ1n) is 7.56. The molecule has 1 atom stereocenters. The zero-order valence-electron chi connectivity index (χ0n) is 14.0. The Morgan fingerprint density at radius 1 is 1.12 bits per heavy atom. The molecule has 0 aliphatic heterocycles. The second kappa shape index (κ2) is 8.21. The summed E-state index contributed by atoms with van der Waals surface area (Å²) >= 11 is 11.8. The number of rotatable bonds is 5. The van der Waals surface area contributed by atoms with Gasteiger partial charge in [0.05, 0.1) is 16.3 Å². The maximum atomic E-state index is 12.4. The van der Waals surface area contributed by atoms with Crippen LogP contribution in [0.1, 0.15) is 34.6 Å². The normalized spacial score (nSPS) is 11.5. The summed E-state index contributed by atoms with van der Waals surface area (Å²) in [5.74, 6) is -1.42. The molecular weight excluding hydrogens is 379 g/mol. The number of halogens is 2. The monoisotopic (exact) mass is 394 g/mol. The van der Waals surface area contributed by atoms with E-state index in [9.17, 15) is 14.4 Å². The fourth-order valence-corrected chi connectivity index (χ4v) is 2.68. The van der Waals surface area contributed by atoms with Crippen LogP contribution < -0.4 is 11.1 Å². The lowest BCUT2D eigenvalue weighted by Crippen LogP contribution is -2.25. The molecule has 0 aromatic heterocycles. The van der Waals surface area contributed by atoms with E-state index in [2.05, 4.69) is 5.32 Å². The third kappa shape index (κ3) is 4.74. The van der Waals surface area contributed by atoms with Gasteiger partial charge in [-0.3, -0.25) is 9.59 Å². The molecule has 2 rings (SSSR count). The van der Waals surface area contributed by atoms with E-state index < -0.39 is 17.9 Å². The highest BCUT2D eigenvalue weighted by Crippen LogP contribution is 2.28. The van der Waals surface area contributed by atoms with Crippen molar-refractivity contribution in [2.45, 2.75) is 20.0 Å². The predicted molar refractivity (Wildman–Crippen MR) is 101 cm³/mol. The number of nitrogens with two attached hydrogens (primary N) is 1. The first-order valence-corrected chi connectivity index (χ1v) is 8.32. The maximum Gasteiger partial charge on any atom is 0.341 e. The number of nitrogens with one attached hydrogen (secondary N) is 1. The molecule has 0 aliphatic rings. The van der Waals surface area contributed by atoms with E-state index in [1.807, 2.05) is 0 Å². The van der Waals surface area contributed by atoms with E-state index in [0.717, 1.165) is 0 Å². The van der Waals surface area contributed by atoms with Crippen molar-refractivity contribution >= 4 is 52.2 Å². The Kier molecular flexibility index (Phi) is 6.23. The Balaban J connectivity index is 2.11. The Labute approximate surface area is 160 Å². The van der Waals surface area contributed by atoms with Crippen molar-refractivity contribution in [3.05, 3.63) is 57.6 Å². The van der Waals surface area contributed by atoms with Gasteiger partial charge in [0.2, 0.25) is 11.7 Å². The number of carbonyl (C=O) groups excluding carboxylic acids is 3. The highest BCUT2D eigenvalue weighted by molar-refractivity contribution is 6.37. The molecule has 0 heterocycles. The standard InChI is InChI=1S/C18H16Cl2N2O4/c1-9(17(24)11-3-5-13(6-4-11)22-10(2)23)26-18(25)14-7-12(19)8-15(20)16(14)21/h3-9H,21H2,1-2H3,(H,22,23)/t9-/m1/s1. The molecule has 3 N–H and O–H groups in total. The van der Waals surface area contributed by atoms with Crippen molar-refractivity contribution in [2.75, 3.05) is 11.1 Å². The van der Waals surface area contributed by atoms with Gasteiger partial charge in [0.1, 0.15) is 0 Å². The molecular formula is C18H16Cl2N2O4. The number of ether oxygens (including phenoxy) is 1. The van der Waals surface area contributed by atoms with Crippen molar-refractivity contribution in [1.82, 2.24) is 0 Å². The molecule has 0 radical (unpaired) electrons. The fraction of sp³-hybridized carbons (Fsp3) is 0.167. The van der Waals surface area contributed by atoms with Crippen LogP contribution in [0.3, 0.4) is 0 Å². The van der Waals surface area contributed by atoms with Gasteiger partial charge in [-0.15, -0.1) is 0 Å². The summed E-state index contributed by atoms with van der Waals surface area (Å²) in [6, 6.07) is 8.95. The molecule has 0 saturated carbocycles. The zero-order valence-corrected chi connectivity index (χ0v) is 15.5. The minimum atomic E-state index is -1.05. The van der Waals surface area contributed by atoms with E-state index in [1.54, 1.807) is 12.1 Å². The van der Waals surface area contributed by atoms with E-state index in [1.165, 1.54) is 38.1 Å². The van der Waals surface area contributed by atoms with Crippen LogP contribution in [-0.2, 0) is 9.53 Å². The van der Waals surface area contributed by atoms with Crippen LogP contribution in [0.2, 0.25) is 10.0 Å². The fourth-order valence-electron chi connectivity index (χ4n) is 2.19. The summed E-state index contributed by atoms with van der Waals surface area (Å²) < 4.78 is 5.18. The maximum absolute atomic E-state index is 12.4. The van der Waals surface area contributed by atoms with Gasteiger partial charge in [-0.2, -0.15) is 0 Å². The molecule has 2 aromatic rings. The number of hydrogen-bond donors (Lipinski definition) is 2. The van der Waals surface area contributed by atoms with Crippen molar-refractivity contribution in [2.24, 2.45) is 0 Å². The largest absolute Gasteiger partial charge is 0.451 e. The van der Waals surface area contributed by atoms with Crippen molar-refractivity contribution in [3.8, 4) is 0 Å². The Morgan fingerprint density at radius 2 is 1.73 bits per heavy atom. The van der Waals surface area contributed by atoms with Gasteiger partial charge in [-0.05, 0) is 43.3 Å². The molecule has 0 spiro atoms. The van der Waals surface area contributed by atoms with E-state index >= 15 is 0 Å². The smallest absolute Gasteiger partial charge is 0.341 e. The average molecular weight is 395 g/mol. The predicted octanol–water partition coefficient (Wildman–Crippen LogP) is 3.96. The first kappa shape index (κ1) is 19.8. The highest BCUT2D eigenvalue weighted by atomic mass is 35.5. The summed E-state index contributed by atoms with van der Waals surface area (Å²) in [6.07, 6.45) is -1.05. The van der Waals surface area contributed by atoms with E-state index in [4.69, 9.17) is 33.7 Å². The summed E-state index contributed by atoms with van der Waals surface area (Å²) in [7, 11) is 0. The van der Waals surface area contributed by atoms with Gasteiger partial charge in [0.15, 0.2) is 6.10 Å². The molecule has 0 bridgehead atoms. The second-order valence-electron chi connectivity index (χ2n) is 5.52. The second-order valence-corrected chi connectivity index (χ2v) is 6.36. The van der Waals surface area contributed by atoms with Crippen LogP contribution in [0.5, 0.6) is 0 Å². The number of amides is 1. The van der Waals surface area contributed by atoms with Crippen molar-refractivity contribution < 1.29 is 19.1 Å². The zero-order chi connectivity index (χ0) is 19.4. The van der Waals surface area contributed by atoms with E-state index in [-0.39, 0.29) is 27.2 Å². The van der Waals surface area contributed by atoms with Crippen LogP contribution in [-0.4, -0.2) is 23.8 Å². The van der Waals surface area contributed by atoms with Crippen LogP contribution in [0.25, 0.3) is 0 Å². The molecule has 0 unspecified atom stereocenters. The highest BCUT2D eigenvalue weighted by Gasteiger charge is 2.22.